The van der Waals surface area contributed by atoms with Gasteiger partial charge in [-0.2, -0.15) is 5.21 Å². The second-order valence-corrected chi connectivity index (χ2v) is 10.8. The van der Waals surface area contributed by atoms with Crippen molar-refractivity contribution in [3.8, 4) is 28.3 Å². The molecule has 0 saturated heterocycles. The van der Waals surface area contributed by atoms with Crippen LogP contribution in [-0.4, -0.2) is 53.9 Å². The molecule has 0 unspecified atom stereocenters. The molecule has 2 N–H and O–H groups in total. The van der Waals surface area contributed by atoms with Gasteiger partial charge in [-0.3, -0.25) is 0 Å². The maximum Gasteiger partial charge on any atom is 0.408 e. The normalized spacial score (nSPS) is 10.8. The van der Waals surface area contributed by atoms with Gasteiger partial charge in [0.15, 0.2) is 5.15 Å². The number of amides is 1. The molecule has 15 nitrogen and oxygen atoms in total. The Bertz CT molecular complexity index is 1860. The van der Waals surface area contributed by atoms with E-state index in [1.807, 2.05) is 53.1 Å². The Kier molecular flexibility index (Phi) is 11.3. The Morgan fingerprint density at radius 2 is 1.81 bits per heavy atom. The standard InChI is InChI=1S/C32H31ClN8O7/c1-2-3-11-28-35-30(33)27(20-46-32(43)34-17-29(42)48-24-8-6-7-22(16-24)19-47-41(44)45)40(28)18-21-12-14-23(15-13-21)25-9-4-5-10-26(25)31-36-38-39-37-31/h4-10,12-16H,2-3,11,17-20H2,1H3,(H,34,43)(H,36,37,38,39). The lowest BCUT2D eigenvalue weighted by Crippen LogP contribution is -2.32. The second-order valence-electron chi connectivity index (χ2n) is 10.5. The van der Waals surface area contributed by atoms with E-state index in [2.05, 4.69) is 42.7 Å². The largest absolute Gasteiger partial charge is 0.443 e. The number of benzene rings is 3. The number of esters is 1. The molecule has 1 amide bonds. The maximum absolute atomic E-state index is 12.5. The Morgan fingerprint density at radius 1 is 1.02 bits per heavy atom. The highest BCUT2D eigenvalue weighted by atomic mass is 35.5. The van der Waals surface area contributed by atoms with E-state index >= 15 is 0 Å². The van der Waals surface area contributed by atoms with Gasteiger partial charge in [-0.1, -0.05) is 85.6 Å². The molecule has 16 heteroatoms. The monoisotopic (exact) mass is 674 g/mol. The minimum Gasteiger partial charge on any atom is -0.443 e. The zero-order valence-electron chi connectivity index (χ0n) is 25.8. The molecule has 0 spiro atoms. The molecule has 0 aliphatic rings. The van der Waals surface area contributed by atoms with Crippen molar-refractivity contribution in [3.63, 3.8) is 0 Å². The number of unbranched alkanes of at least 4 members (excludes halogenated alkanes) is 1. The van der Waals surface area contributed by atoms with Crippen LogP contribution in [0.15, 0.2) is 72.8 Å². The molecular formula is C32H31ClN8O7. The number of hydrogen-bond donors (Lipinski definition) is 2. The number of aromatic nitrogens is 6. The summed E-state index contributed by atoms with van der Waals surface area (Å²) in [5, 5.41) is 26.5. The quantitative estimate of drug-likeness (QED) is 0.0633. The number of imidazole rings is 1. The van der Waals surface area contributed by atoms with Crippen molar-refractivity contribution in [1.29, 1.82) is 0 Å². The zero-order valence-corrected chi connectivity index (χ0v) is 26.6. The Balaban J connectivity index is 1.22. The summed E-state index contributed by atoms with van der Waals surface area (Å²) in [7, 11) is 0. The van der Waals surface area contributed by atoms with Gasteiger partial charge in [0.05, 0.1) is 5.69 Å². The van der Waals surface area contributed by atoms with Gasteiger partial charge >= 0.3 is 12.1 Å². The van der Waals surface area contributed by atoms with Gasteiger partial charge < -0.3 is 24.2 Å². The molecule has 5 aromatic rings. The number of rotatable bonds is 15. The van der Waals surface area contributed by atoms with Crippen LogP contribution in [0.2, 0.25) is 5.15 Å². The van der Waals surface area contributed by atoms with Crippen molar-refractivity contribution in [3.05, 3.63) is 111 Å². The molecule has 0 fully saturated rings. The molecule has 248 valence electrons. The highest BCUT2D eigenvalue weighted by Gasteiger charge is 2.19. The third-order valence-corrected chi connectivity index (χ3v) is 7.46. The fourth-order valence-corrected chi connectivity index (χ4v) is 5.11. The van der Waals surface area contributed by atoms with E-state index in [0.29, 0.717) is 30.0 Å². The molecule has 0 aliphatic carbocycles. The number of hydrogen-bond acceptors (Lipinski definition) is 11. The molecule has 0 radical (unpaired) electrons. The minimum absolute atomic E-state index is 0.138. The summed E-state index contributed by atoms with van der Waals surface area (Å²) in [6, 6.07) is 21.9. The van der Waals surface area contributed by atoms with Crippen LogP contribution in [0.1, 0.15) is 42.4 Å². The first-order valence-electron chi connectivity index (χ1n) is 14.9. The predicted octanol–water partition coefficient (Wildman–Crippen LogP) is 5.31. The number of alkyl carbamates (subject to hydrolysis) is 1. The van der Waals surface area contributed by atoms with Crippen molar-refractivity contribution in [2.75, 3.05) is 6.54 Å². The van der Waals surface area contributed by atoms with Crippen LogP contribution in [-0.2, 0) is 40.5 Å². The average molecular weight is 675 g/mol. The first-order chi connectivity index (χ1) is 23.3. The lowest BCUT2D eigenvalue weighted by Gasteiger charge is -2.14. The van der Waals surface area contributed by atoms with E-state index in [1.165, 1.54) is 12.1 Å². The van der Waals surface area contributed by atoms with Crippen LogP contribution in [0.5, 0.6) is 5.75 Å². The van der Waals surface area contributed by atoms with Crippen molar-refractivity contribution in [2.45, 2.75) is 45.9 Å². The van der Waals surface area contributed by atoms with Crippen molar-refractivity contribution in [1.82, 2.24) is 35.5 Å². The number of aryl methyl sites for hydroxylation is 1. The lowest BCUT2D eigenvalue weighted by atomic mass is 9.98. The number of tetrazole rings is 1. The van der Waals surface area contributed by atoms with E-state index < -0.39 is 23.7 Å². The van der Waals surface area contributed by atoms with Crippen LogP contribution in [0.4, 0.5) is 4.79 Å². The zero-order chi connectivity index (χ0) is 33.9. The van der Waals surface area contributed by atoms with Gasteiger partial charge in [0.25, 0.3) is 5.09 Å². The first-order valence-corrected chi connectivity index (χ1v) is 15.3. The van der Waals surface area contributed by atoms with E-state index in [-0.39, 0.29) is 24.1 Å². The van der Waals surface area contributed by atoms with Gasteiger partial charge in [-0.15, -0.1) is 20.3 Å². The smallest absolute Gasteiger partial charge is 0.408 e. The summed E-state index contributed by atoms with van der Waals surface area (Å²) in [4.78, 5) is 44.1. The van der Waals surface area contributed by atoms with E-state index in [4.69, 9.17) is 21.1 Å². The van der Waals surface area contributed by atoms with Crippen LogP contribution >= 0.6 is 11.6 Å². The number of aromatic amines is 1. The molecule has 3 aromatic carbocycles. The highest BCUT2D eigenvalue weighted by Crippen LogP contribution is 2.30. The molecule has 5 rings (SSSR count). The summed E-state index contributed by atoms with van der Waals surface area (Å²) in [5.41, 5.74) is 4.70. The van der Waals surface area contributed by atoms with Crippen LogP contribution in [0, 0.1) is 10.1 Å². The molecule has 0 bridgehead atoms. The number of carbonyl (C=O) groups excluding carboxylic acids is 2. The Morgan fingerprint density at radius 3 is 2.54 bits per heavy atom. The summed E-state index contributed by atoms with van der Waals surface area (Å²) >= 11 is 6.54. The van der Waals surface area contributed by atoms with Gasteiger partial charge in [0.1, 0.15) is 31.3 Å². The third kappa shape index (κ3) is 8.91. The van der Waals surface area contributed by atoms with Crippen molar-refractivity contribution >= 4 is 23.7 Å². The summed E-state index contributed by atoms with van der Waals surface area (Å²) in [6.07, 6.45) is 1.68. The number of ether oxygens (including phenoxy) is 2. The number of H-pyrrole nitrogens is 1. The van der Waals surface area contributed by atoms with Crippen molar-refractivity contribution in [2.24, 2.45) is 0 Å². The molecule has 0 atom stereocenters. The second kappa shape index (κ2) is 16.1. The fraction of sp³-hybridized carbons (Fsp3) is 0.250. The van der Waals surface area contributed by atoms with E-state index in [0.717, 1.165) is 40.9 Å². The summed E-state index contributed by atoms with van der Waals surface area (Å²) in [6.45, 7) is 1.55. The number of carbonyl (C=O) groups is 2. The number of nitrogens with one attached hydrogen (secondary N) is 2. The topological polar surface area (TPSA) is 189 Å². The van der Waals surface area contributed by atoms with Gasteiger partial charge in [-0.05, 0) is 46.0 Å². The molecule has 0 saturated carbocycles. The highest BCUT2D eigenvalue weighted by molar-refractivity contribution is 6.30. The van der Waals surface area contributed by atoms with Gasteiger partial charge in [-0.25, -0.2) is 14.6 Å². The fourth-order valence-electron chi connectivity index (χ4n) is 4.86. The average Bonchev–Trinajstić information content (AvgIpc) is 3.73. The predicted molar refractivity (Wildman–Crippen MR) is 172 cm³/mol. The number of halogens is 1. The van der Waals surface area contributed by atoms with Gasteiger partial charge in [0.2, 0.25) is 5.82 Å². The maximum atomic E-state index is 12.5. The first kappa shape index (κ1) is 33.5. The lowest BCUT2D eigenvalue weighted by molar-refractivity contribution is -0.763. The van der Waals surface area contributed by atoms with Crippen molar-refractivity contribution < 1.29 is 29.0 Å². The molecular weight excluding hydrogens is 644 g/mol. The molecule has 2 heterocycles. The Hall–Kier alpha value is -5.83. The van der Waals surface area contributed by atoms with Crippen LogP contribution < -0.4 is 10.1 Å². The molecule has 0 aliphatic heterocycles. The molecule has 48 heavy (non-hydrogen) atoms. The SMILES string of the molecule is CCCCc1nc(Cl)c(COC(=O)NCC(=O)Oc2cccc(CO[N+](=O)[O-])c2)n1Cc1ccc(-c2ccccc2-c2nn[nH]n2)cc1. The number of nitrogens with zero attached hydrogens (tertiary/aromatic N) is 6. The third-order valence-electron chi connectivity index (χ3n) is 7.16. The van der Waals surface area contributed by atoms with E-state index in [9.17, 15) is 19.7 Å². The van der Waals surface area contributed by atoms with Gasteiger partial charge in [0, 0.05) is 18.5 Å². The minimum atomic E-state index is -0.918. The Labute approximate surface area is 279 Å². The molecule has 2 aromatic heterocycles. The van der Waals surface area contributed by atoms with Crippen LogP contribution in [0.25, 0.3) is 22.5 Å². The van der Waals surface area contributed by atoms with Crippen LogP contribution in [0.3, 0.4) is 0 Å². The van der Waals surface area contributed by atoms with E-state index in [1.54, 1.807) is 12.1 Å². The summed E-state index contributed by atoms with van der Waals surface area (Å²) < 4.78 is 12.5. The summed E-state index contributed by atoms with van der Waals surface area (Å²) in [5.74, 6) is 0.634.